The Morgan fingerprint density at radius 2 is 2.06 bits per heavy atom. The Morgan fingerprint density at radius 1 is 1.33 bits per heavy atom. The van der Waals surface area contributed by atoms with E-state index in [1.807, 2.05) is 20.8 Å². The second-order valence-electron chi connectivity index (χ2n) is 6.72. The zero-order valence-corrected chi connectivity index (χ0v) is 11.6. The standard InChI is InChI=1S/C14H23NO3/c1-13(2,3)18-12(17)15-8-7-14(10-15)6-4-5-11(16)9-14/h4-10H2,1-3H3/t14-/m0/s1. The first kappa shape index (κ1) is 13.4. The number of hydrogen-bond donors (Lipinski definition) is 0. The summed E-state index contributed by atoms with van der Waals surface area (Å²) in [5.41, 5.74) is -0.401. The van der Waals surface area contributed by atoms with E-state index in [0.29, 0.717) is 25.2 Å². The number of ketones is 1. The van der Waals surface area contributed by atoms with Gasteiger partial charge in [-0.15, -0.1) is 0 Å². The number of carbonyl (C=O) groups is 2. The van der Waals surface area contributed by atoms with Gasteiger partial charge in [0.15, 0.2) is 0 Å². The molecule has 1 saturated heterocycles. The number of carbonyl (C=O) groups excluding carboxylic acids is 2. The van der Waals surface area contributed by atoms with Crippen LogP contribution in [0.5, 0.6) is 0 Å². The fraction of sp³-hybridized carbons (Fsp3) is 0.857. The van der Waals surface area contributed by atoms with Crippen LogP contribution in [0, 0.1) is 5.41 Å². The monoisotopic (exact) mass is 253 g/mol. The number of hydrogen-bond acceptors (Lipinski definition) is 3. The molecular formula is C14H23NO3. The molecule has 1 saturated carbocycles. The van der Waals surface area contributed by atoms with Gasteiger partial charge in [-0.05, 0) is 45.4 Å². The number of amides is 1. The van der Waals surface area contributed by atoms with E-state index >= 15 is 0 Å². The topological polar surface area (TPSA) is 46.6 Å². The Hall–Kier alpha value is -1.06. The molecule has 1 spiro atoms. The van der Waals surface area contributed by atoms with Gasteiger partial charge >= 0.3 is 6.09 Å². The zero-order chi connectivity index (χ0) is 13.4. The number of nitrogens with zero attached hydrogens (tertiary/aromatic N) is 1. The lowest BCUT2D eigenvalue weighted by Crippen LogP contribution is -2.38. The molecule has 0 unspecified atom stereocenters. The van der Waals surface area contributed by atoms with Crippen molar-refractivity contribution in [1.29, 1.82) is 0 Å². The van der Waals surface area contributed by atoms with Crippen LogP contribution < -0.4 is 0 Å². The molecule has 1 amide bonds. The van der Waals surface area contributed by atoms with Crippen LogP contribution in [0.15, 0.2) is 0 Å². The summed E-state index contributed by atoms with van der Waals surface area (Å²) in [4.78, 5) is 25.3. The average Bonchev–Trinajstić information content (AvgIpc) is 2.59. The van der Waals surface area contributed by atoms with Gasteiger partial charge in [0, 0.05) is 25.9 Å². The van der Waals surface area contributed by atoms with Gasteiger partial charge in [0.05, 0.1) is 0 Å². The van der Waals surface area contributed by atoms with Crippen LogP contribution in [-0.2, 0) is 9.53 Å². The second kappa shape index (κ2) is 4.56. The van der Waals surface area contributed by atoms with Gasteiger partial charge < -0.3 is 9.64 Å². The molecule has 0 aromatic carbocycles. The maximum atomic E-state index is 12.0. The fourth-order valence-electron chi connectivity index (χ4n) is 3.02. The van der Waals surface area contributed by atoms with Crippen molar-refractivity contribution < 1.29 is 14.3 Å². The Labute approximate surface area is 109 Å². The molecule has 0 radical (unpaired) electrons. The molecule has 102 valence electrons. The SMILES string of the molecule is CC(C)(C)OC(=O)N1CC[C@]2(CCCC(=O)C2)C1. The van der Waals surface area contributed by atoms with E-state index < -0.39 is 5.60 Å². The minimum atomic E-state index is -0.449. The lowest BCUT2D eigenvalue weighted by Gasteiger charge is -2.32. The molecule has 0 aromatic rings. The molecule has 18 heavy (non-hydrogen) atoms. The molecule has 2 fully saturated rings. The minimum absolute atomic E-state index is 0.0479. The second-order valence-corrected chi connectivity index (χ2v) is 6.72. The maximum Gasteiger partial charge on any atom is 0.410 e. The molecule has 2 rings (SSSR count). The predicted molar refractivity (Wildman–Crippen MR) is 68.3 cm³/mol. The molecule has 1 aliphatic heterocycles. The van der Waals surface area contributed by atoms with Gasteiger partial charge in [-0.2, -0.15) is 0 Å². The minimum Gasteiger partial charge on any atom is -0.444 e. The smallest absolute Gasteiger partial charge is 0.410 e. The fourth-order valence-corrected chi connectivity index (χ4v) is 3.02. The summed E-state index contributed by atoms with van der Waals surface area (Å²) in [6.07, 6.45) is 4.11. The molecule has 1 aliphatic carbocycles. The van der Waals surface area contributed by atoms with Crippen LogP contribution in [0.1, 0.15) is 52.9 Å². The Balaban J connectivity index is 1.95. The zero-order valence-electron chi connectivity index (χ0n) is 11.6. The molecule has 1 heterocycles. The van der Waals surface area contributed by atoms with E-state index in [4.69, 9.17) is 4.74 Å². The van der Waals surface area contributed by atoms with Crippen LogP contribution >= 0.6 is 0 Å². The lowest BCUT2D eigenvalue weighted by molar-refractivity contribution is -0.123. The van der Waals surface area contributed by atoms with Crippen LogP contribution in [0.4, 0.5) is 4.79 Å². The predicted octanol–water partition coefficient (Wildman–Crippen LogP) is 2.76. The Bertz CT molecular complexity index is 359. The molecule has 0 N–H and O–H groups in total. The van der Waals surface area contributed by atoms with E-state index in [0.717, 1.165) is 25.8 Å². The van der Waals surface area contributed by atoms with E-state index in [1.54, 1.807) is 4.90 Å². The Morgan fingerprint density at radius 3 is 2.67 bits per heavy atom. The van der Waals surface area contributed by atoms with E-state index in [1.165, 1.54) is 0 Å². The van der Waals surface area contributed by atoms with Gasteiger partial charge in [-0.3, -0.25) is 4.79 Å². The molecule has 1 atom stereocenters. The molecular weight excluding hydrogens is 230 g/mol. The summed E-state index contributed by atoms with van der Waals surface area (Å²) >= 11 is 0. The van der Waals surface area contributed by atoms with Crippen molar-refractivity contribution in [3.05, 3.63) is 0 Å². The van der Waals surface area contributed by atoms with Crippen molar-refractivity contribution in [2.75, 3.05) is 13.1 Å². The third kappa shape index (κ3) is 3.03. The van der Waals surface area contributed by atoms with Gasteiger partial charge in [0.25, 0.3) is 0 Å². The normalized spacial score (nSPS) is 28.8. The van der Waals surface area contributed by atoms with Crippen LogP contribution in [0.3, 0.4) is 0 Å². The lowest BCUT2D eigenvalue weighted by atomic mass is 9.73. The van der Waals surface area contributed by atoms with Crippen molar-refractivity contribution in [3.8, 4) is 0 Å². The Kier molecular flexibility index (Phi) is 3.39. The summed E-state index contributed by atoms with van der Waals surface area (Å²) in [5, 5.41) is 0. The highest BCUT2D eigenvalue weighted by Gasteiger charge is 2.43. The number of Topliss-reactive ketones (excluding diaryl/α,β-unsaturated/α-hetero) is 1. The molecule has 2 aliphatic rings. The summed E-state index contributed by atoms with van der Waals surface area (Å²) in [7, 11) is 0. The molecule has 0 bridgehead atoms. The highest BCUT2D eigenvalue weighted by molar-refractivity contribution is 5.80. The molecule has 0 aromatic heterocycles. The van der Waals surface area contributed by atoms with Crippen molar-refractivity contribution in [2.24, 2.45) is 5.41 Å². The van der Waals surface area contributed by atoms with Crippen LogP contribution in [0.2, 0.25) is 0 Å². The quantitative estimate of drug-likeness (QED) is 0.667. The summed E-state index contributed by atoms with van der Waals surface area (Å²) in [5.74, 6) is 0.354. The first-order valence-corrected chi connectivity index (χ1v) is 6.79. The van der Waals surface area contributed by atoms with Gasteiger partial charge in [-0.25, -0.2) is 4.79 Å². The van der Waals surface area contributed by atoms with Gasteiger partial charge in [0.2, 0.25) is 0 Å². The highest BCUT2D eigenvalue weighted by Crippen LogP contribution is 2.42. The number of likely N-dealkylation sites (tertiary alicyclic amines) is 1. The molecule has 4 nitrogen and oxygen atoms in total. The van der Waals surface area contributed by atoms with Crippen LogP contribution in [-0.4, -0.2) is 35.5 Å². The van der Waals surface area contributed by atoms with Crippen molar-refractivity contribution in [2.45, 2.75) is 58.5 Å². The van der Waals surface area contributed by atoms with E-state index in [-0.39, 0.29) is 11.5 Å². The van der Waals surface area contributed by atoms with Gasteiger partial charge in [0.1, 0.15) is 11.4 Å². The van der Waals surface area contributed by atoms with Gasteiger partial charge in [-0.1, -0.05) is 0 Å². The number of ether oxygens (including phenoxy) is 1. The first-order chi connectivity index (χ1) is 8.30. The van der Waals surface area contributed by atoms with Crippen molar-refractivity contribution in [1.82, 2.24) is 4.90 Å². The number of rotatable bonds is 0. The van der Waals surface area contributed by atoms with E-state index in [2.05, 4.69) is 0 Å². The largest absolute Gasteiger partial charge is 0.444 e. The highest BCUT2D eigenvalue weighted by atomic mass is 16.6. The van der Waals surface area contributed by atoms with Crippen molar-refractivity contribution >= 4 is 11.9 Å². The third-order valence-corrected chi connectivity index (χ3v) is 3.82. The maximum absolute atomic E-state index is 12.0. The van der Waals surface area contributed by atoms with Crippen LogP contribution in [0.25, 0.3) is 0 Å². The average molecular weight is 253 g/mol. The summed E-state index contributed by atoms with van der Waals surface area (Å²) in [6.45, 7) is 7.04. The summed E-state index contributed by atoms with van der Waals surface area (Å²) in [6, 6.07) is 0. The third-order valence-electron chi connectivity index (χ3n) is 3.82. The van der Waals surface area contributed by atoms with E-state index in [9.17, 15) is 9.59 Å². The van der Waals surface area contributed by atoms with Crippen molar-refractivity contribution in [3.63, 3.8) is 0 Å². The molecule has 4 heteroatoms. The summed E-state index contributed by atoms with van der Waals surface area (Å²) < 4.78 is 5.38. The first-order valence-electron chi connectivity index (χ1n) is 6.79.